The molecule has 0 saturated heterocycles. The maximum absolute atomic E-state index is 12.9. The van der Waals surface area contributed by atoms with Gasteiger partial charge in [-0.2, -0.15) is 0 Å². The summed E-state index contributed by atoms with van der Waals surface area (Å²) in [5, 5.41) is 12.3. The van der Waals surface area contributed by atoms with E-state index in [9.17, 15) is 19.7 Å². The summed E-state index contributed by atoms with van der Waals surface area (Å²) in [7, 11) is 0. The van der Waals surface area contributed by atoms with Gasteiger partial charge in [0.1, 0.15) is 4.47 Å². The summed E-state index contributed by atoms with van der Waals surface area (Å²) >= 11 is 3.24. The van der Waals surface area contributed by atoms with E-state index in [0.717, 1.165) is 19.3 Å². The van der Waals surface area contributed by atoms with Gasteiger partial charge in [0, 0.05) is 28.9 Å². The average molecular weight is 420 g/mol. The lowest BCUT2D eigenvalue weighted by Crippen LogP contribution is -2.41. The quantitative estimate of drug-likeness (QED) is 0.319. The highest BCUT2D eigenvalue weighted by Gasteiger charge is 2.35. The number of imide groups is 1. The van der Waals surface area contributed by atoms with Gasteiger partial charge in [0.05, 0.1) is 10.5 Å². The van der Waals surface area contributed by atoms with E-state index in [4.69, 9.17) is 5.73 Å². The highest BCUT2D eigenvalue weighted by atomic mass is 79.9. The van der Waals surface area contributed by atoms with E-state index >= 15 is 0 Å². The third-order valence-electron chi connectivity index (χ3n) is 4.56. The summed E-state index contributed by atoms with van der Waals surface area (Å²) in [5.74, 6) is -0.833. The molecule has 0 spiro atoms. The lowest BCUT2D eigenvalue weighted by atomic mass is 9.93. The van der Waals surface area contributed by atoms with Crippen LogP contribution in [0.15, 0.2) is 28.7 Å². The molecule has 1 aliphatic rings. The smallest absolute Gasteiger partial charge is 0.284 e. The number of carbonyl (C=O) groups excluding carboxylic acids is 2. The number of hydrogen-bond acceptors (Lipinski definition) is 5. The summed E-state index contributed by atoms with van der Waals surface area (Å²) in [6, 6.07) is 6.25. The molecule has 0 fully saturated rings. The third-order valence-corrected chi connectivity index (χ3v) is 5.39. The Morgan fingerprint density at radius 2 is 1.77 bits per heavy atom. The molecule has 0 aromatic heterocycles. The molecule has 0 radical (unpaired) electrons. The second kappa shape index (κ2) is 7.51. The zero-order chi connectivity index (χ0) is 18.8. The molecule has 0 aliphatic carbocycles. The number of halogens is 1. The molecule has 3 rings (SSSR count). The molecule has 0 saturated carbocycles. The molecule has 136 valence electrons. The van der Waals surface area contributed by atoms with E-state index in [-0.39, 0.29) is 21.6 Å². The van der Waals surface area contributed by atoms with Gasteiger partial charge in [-0.3, -0.25) is 24.6 Å². The van der Waals surface area contributed by atoms with Crippen LogP contribution < -0.4 is 5.73 Å². The molecule has 0 unspecified atom stereocenters. The molecule has 26 heavy (non-hydrogen) atoms. The van der Waals surface area contributed by atoms with E-state index in [1.54, 1.807) is 18.2 Å². The van der Waals surface area contributed by atoms with Crippen molar-refractivity contribution in [3.63, 3.8) is 0 Å². The van der Waals surface area contributed by atoms with Crippen molar-refractivity contribution in [1.29, 1.82) is 0 Å². The number of nitro benzene ring substituents is 1. The summed E-state index contributed by atoms with van der Waals surface area (Å²) in [6.07, 6.45) is 3.40. The number of carbonyl (C=O) groups is 2. The Bertz CT molecular complexity index is 913. The number of unbranched alkanes of at least 4 members (excludes halogenated alkanes) is 3. The molecule has 2 aromatic rings. The summed E-state index contributed by atoms with van der Waals surface area (Å²) in [5.41, 5.74) is 5.88. The second-order valence-corrected chi connectivity index (χ2v) is 7.00. The van der Waals surface area contributed by atoms with E-state index in [1.165, 1.54) is 11.0 Å². The fraction of sp³-hybridized carbons (Fsp3) is 0.333. The Morgan fingerprint density at radius 3 is 2.46 bits per heavy atom. The highest BCUT2D eigenvalue weighted by molar-refractivity contribution is 9.10. The molecule has 0 atom stereocenters. The standard InChI is InChI=1S/C18H18BrN3O4/c19-16-11-6-5-7-12-15(11)13(10-14(16)22(25)26)18(24)21(17(12)23)9-4-2-1-3-8-20/h5-7,10H,1-4,8-9,20H2. The first-order chi connectivity index (χ1) is 12.5. The number of nitro groups is 1. The van der Waals surface area contributed by atoms with Crippen molar-refractivity contribution < 1.29 is 14.5 Å². The summed E-state index contributed by atoms with van der Waals surface area (Å²) in [4.78, 5) is 37.7. The zero-order valence-corrected chi connectivity index (χ0v) is 15.6. The van der Waals surface area contributed by atoms with Crippen LogP contribution in [0.1, 0.15) is 46.4 Å². The number of amides is 2. The first-order valence-electron chi connectivity index (χ1n) is 8.43. The van der Waals surface area contributed by atoms with Crippen molar-refractivity contribution >= 4 is 44.2 Å². The Hall–Kier alpha value is -2.32. The largest absolute Gasteiger partial charge is 0.330 e. The van der Waals surface area contributed by atoms with Crippen molar-refractivity contribution in [2.75, 3.05) is 13.1 Å². The minimum atomic E-state index is -0.534. The summed E-state index contributed by atoms with van der Waals surface area (Å²) in [6.45, 7) is 0.914. The van der Waals surface area contributed by atoms with Crippen LogP contribution in [0.3, 0.4) is 0 Å². The van der Waals surface area contributed by atoms with E-state index in [1.807, 2.05) is 0 Å². The van der Waals surface area contributed by atoms with E-state index in [2.05, 4.69) is 15.9 Å². The maximum atomic E-state index is 12.9. The fourth-order valence-corrected chi connectivity index (χ4v) is 3.86. The number of nitrogens with two attached hydrogens (primary N) is 1. The van der Waals surface area contributed by atoms with Crippen LogP contribution in [-0.2, 0) is 0 Å². The minimum absolute atomic E-state index is 0.185. The molecule has 7 nitrogen and oxygen atoms in total. The molecular formula is C18H18BrN3O4. The van der Waals surface area contributed by atoms with E-state index in [0.29, 0.717) is 35.8 Å². The molecule has 2 aromatic carbocycles. The van der Waals surface area contributed by atoms with E-state index < -0.39 is 10.8 Å². The molecule has 1 aliphatic heterocycles. The van der Waals surface area contributed by atoms with Crippen molar-refractivity contribution in [1.82, 2.24) is 4.90 Å². The molecule has 0 bridgehead atoms. The van der Waals surface area contributed by atoms with Gasteiger partial charge >= 0.3 is 0 Å². The van der Waals surface area contributed by atoms with Crippen LogP contribution in [0.25, 0.3) is 10.8 Å². The van der Waals surface area contributed by atoms with Gasteiger partial charge in [-0.25, -0.2) is 0 Å². The third kappa shape index (κ3) is 3.10. The van der Waals surface area contributed by atoms with Crippen LogP contribution in [0, 0.1) is 10.1 Å². The van der Waals surface area contributed by atoms with Gasteiger partial charge in [0.2, 0.25) is 0 Å². The van der Waals surface area contributed by atoms with Crippen LogP contribution in [-0.4, -0.2) is 34.7 Å². The predicted octanol–water partition coefficient (Wildman–Crippen LogP) is 3.63. The first kappa shape index (κ1) is 18.5. The maximum Gasteiger partial charge on any atom is 0.284 e. The highest BCUT2D eigenvalue weighted by Crippen LogP contribution is 2.39. The first-order valence-corrected chi connectivity index (χ1v) is 9.22. The predicted molar refractivity (Wildman–Crippen MR) is 101 cm³/mol. The molecule has 2 N–H and O–H groups in total. The summed E-state index contributed by atoms with van der Waals surface area (Å²) < 4.78 is 0.277. The topological polar surface area (TPSA) is 107 Å². The monoisotopic (exact) mass is 419 g/mol. The molecule has 2 amide bonds. The van der Waals surface area contributed by atoms with Gasteiger partial charge in [-0.1, -0.05) is 25.0 Å². The molecular weight excluding hydrogens is 402 g/mol. The van der Waals surface area contributed by atoms with Crippen LogP contribution in [0.4, 0.5) is 5.69 Å². The van der Waals surface area contributed by atoms with Crippen molar-refractivity contribution in [3.05, 3.63) is 50.0 Å². The second-order valence-electron chi connectivity index (χ2n) is 6.21. The van der Waals surface area contributed by atoms with Gasteiger partial charge in [0.15, 0.2) is 0 Å². The Labute approximate surface area is 158 Å². The lowest BCUT2D eigenvalue weighted by Gasteiger charge is -2.27. The van der Waals surface area contributed by atoms with Crippen molar-refractivity contribution in [2.24, 2.45) is 5.73 Å². The molecule has 1 heterocycles. The van der Waals surface area contributed by atoms with Crippen molar-refractivity contribution in [2.45, 2.75) is 25.7 Å². The normalized spacial score (nSPS) is 13.5. The van der Waals surface area contributed by atoms with Crippen LogP contribution in [0.2, 0.25) is 0 Å². The average Bonchev–Trinajstić information content (AvgIpc) is 2.62. The number of rotatable bonds is 7. The van der Waals surface area contributed by atoms with Gasteiger partial charge in [0.25, 0.3) is 17.5 Å². The Balaban J connectivity index is 2.01. The van der Waals surface area contributed by atoms with Gasteiger partial charge < -0.3 is 5.73 Å². The van der Waals surface area contributed by atoms with Crippen LogP contribution in [0.5, 0.6) is 0 Å². The van der Waals surface area contributed by atoms with Gasteiger partial charge in [-0.15, -0.1) is 0 Å². The number of hydrogen-bond donors (Lipinski definition) is 1. The lowest BCUT2D eigenvalue weighted by molar-refractivity contribution is -0.385. The van der Waals surface area contributed by atoms with Gasteiger partial charge in [-0.05, 0) is 41.4 Å². The van der Waals surface area contributed by atoms with Crippen molar-refractivity contribution in [3.8, 4) is 0 Å². The minimum Gasteiger partial charge on any atom is -0.330 e. The zero-order valence-electron chi connectivity index (χ0n) is 14.0. The Morgan fingerprint density at radius 1 is 1.08 bits per heavy atom. The fourth-order valence-electron chi connectivity index (χ4n) is 3.27. The Kier molecular flexibility index (Phi) is 5.33. The van der Waals surface area contributed by atoms with Crippen LogP contribution >= 0.6 is 15.9 Å². The number of nitrogens with zero attached hydrogens (tertiary/aromatic N) is 2. The molecule has 8 heteroatoms. The number of benzene rings is 2. The SMILES string of the molecule is NCCCCCCN1C(=O)c2cccc3c(Br)c([N+](=O)[O-])cc(c23)C1=O.